The van der Waals surface area contributed by atoms with Crippen molar-refractivity contribution in [2.45, 2.75) is 4.90 Å². The molecule has 1 aliphatic heterocycles. The fraction of sp³-hybridized carbons (Fsp3) is 0. The van der Waals surface area contributed by atoms with Crippen molar-refractivity contribution in [3.63, 3.8) is 0 Å². The van der Waals surface area contributed by atoms with Crippen LogP contribution in [0.3, 0.4) is 0 Å². The minimum atomic E-state index is -4.02. The number of rotatable bonds is 3. The maximum atomic E-state index is 12.9. The van der Waals surface area contributed by atoms with E-state index in [-0.39, 0.29) is 15.8 Å². The van der Waals surface area contributed by atoms with Gasteiger partial charge in [0.1, 0.15) is 5.75 Å². The zero-order valence-electron chi connectivity index (χ0n) is 14.7. The van der Waals surface area contributed by atoms with E-state index in [1.165, 1.54) is 12.1 Å². The van der Waals surface area contributed by atoms with Crippen LogP contribution in [0.5, 0.6) is 5.75 Å². The maximum absolute atomic E-state index is 12.9. The number of thioether (sulfide) groups is 1. The van der Waals surface area contributed by atoms with E-state index in [0.717, 1.165) is 17.1 Å². The molecule has 4 rings (SSSR count). The quantitative estimate of drug-likeness (QED) is 0.537. The Hall–Kier alpha value is -2.62. The van der Waals surface area contributed by atoms with Crippen LogP contribution in [0.15, 0.2) is 79.3 Å². The van der Waals surface area contributed by atoms with Crippen LogP contribution in [0.1, 0.15) is 5.56 Å². The Balaban J connectivity index is 1.67. The first-order chi connectivity index (χ1) is 13.8. The van der Waals surface area contributed by atoms with Crippen LogP contribution in [0.25, 0.3) is 16.8 Å². The van der Waals surface area contributed by atoms with E-state index in [2.05, 4.69) is 25.6 Å². The van der Waals surface area contributed by atoms with Crippen molar-refractivity contribution in [3.8, 4) is 5.75 Å². The molecule has 3 aromatic rings. The third-order valence-electron chi connectivity index (χ3n) is 4.15. The molecule has 3 aromatic carbocycles. The average Bonchev–Trinajstić information content (AvgIpc) is 3.02. The number of amidine groups is 1. The van der Waals surface area contributed by atoms with Crippen molar-refractivity contribution < 1.29 is 18.3 Å². The highest BCUT2D eigenvalue weighted by Crippen LogP contribution is 2.31. The summed E-state index contributed by atoms with van der Waals surface area (Å²) in [6, 6.07) is 16.9. The highest BCUT2D eigenvalue weighted by molar-refractivity contribution is 9.10. The van der Waals surface area contributed by atoms with Gasteiger partial charge < -0.3 is 5.11 Å². The number of aromatic hydroxyl groups is 1. The van der Waals surface area contributed by atoms with Crippen molar-refractivity contribution in [3.05, 3.63) is 75.6 Å². The predicted octanol–water partition coefficient (Wildman–Crippen LogP) is 4.26. The van der Waals surface area contributed by atoms with Crippen molar-refractivity contribution in [2.24, 2.45) is 4.40 Å². The number of fused-ring (bicyclic) bond motifs is 1. The summed E-state index contributed by atoms with van der Waals surface area (Å²) in [5, 5.41) is 13.4. The smallest absolute Gasteiger partial charge is 0.285 e. The number of sulfonamides is 1. The van der Waals surface area contributed by atoms with Crippen LogP contribution in [0.4, 0.5) is 0 Å². The Kier molecular flexibility index (Phi) is 5.20. The van der Waals surface area contributed by atoms with E-state index < -0.39 is 15.9 Å². The lowest BCUT2D eigenvalue weighted by molar-refractivity contribution is -0.115. The number of benzene rings is 3. The second-order valence-corrected chi connectivity index (χ2v) is 9.58. The van der Waals surface area contributed by atoms with Gasteiger partial charge in [0.05, 0.1) is 14.3 Å². The summed E-state index contributed by atoms with van der Waals surface area (Å²) >= 11 is 4.16. The van der Waals surface area contributed by atoms with Gasteiger partial charge in [0.25, 0.3) is 15.9 Å². The molecule has 0 radical (unpaired) electrons. The molecule has 1 amide bonds. The Morgan fingerprint density at radius 3 is 2.62 bits per heavy atom. The Morgan fingerprint density at radius 1 is 1.07 bits per heavy atom. The van der Waals surface area contributed by atoms with Crippen molar-refractivity contribution in [1.82, 2.24) is 5.32 Å². The zero-order valence-corrected chi connectivity index (χ0v) is 17.9. The van der Waals surface area contributed by atoms with E-state index in [0.29, 0.717) is 20.3 Å². The van der Waals surface area contributed by atoms with Gasteiger partial charge in [0.2, 0.25) is 0 Å². The molecule has 2 N–H and O–H groups in total. The molecule has 0 bridgehead atoms. The molecular formula is C20H13BrN2O4S2. The first-order valence-electron chi connectivity index (χ1n) is 8.36. The summed E-state index contributed by atoms with van der Waals surface area (Å²) < 4.78 is 30.0. The fourth-order valence-corrected chi connectivity index (χ4v) is 5.42. The van der Waals surface area contributed by atoms with E-state index in [1.807, 2.05) is 18.2 Å². The van der Waals surface area contributed by atoms with Gasteiger partial charge in [-0.05, 0) is 62.9 Å². The number of carbonyl (C=O) groups is 1. The van der Waals surface area contributed by atoms with Gasteiger partial charge in [-0.25, -0.2) is 0 Å². The number of amides is 1. The lowest BCUT2D eigenvalue weighted by atomic mass is 10.1. The second kappa shape index (κ2) is 7.66. The molecule has 0 spiro atoms. The van der Waals surface area contributed by atoms with Gasteiger partial charge in [0, 0.05) is 5.39 Å². The number of phenolic OH excluding ortho intramolecular Hbond substituents is 1. The number of phenols is 1. The number of nitrogens with one attached hydrogen (secondary N) is 1. The summed E-state index contributed by atoms with van der Waals surface area (Å²) in [7, 11) is -4.02. The van der Waals surface area contributed by atoms with Crippen molar-refractivity contribution in [1.29, 1.82) is 0 Å². The molecule has 0 unspecified atom stereocenters. The lowest BCUT2D eigenvalue weighted by Gasteiger charge is -2.04. The van der Waals surface area contributed by atoms with Crippen LogP contribution in [-0.2, 0) is 14.8 Å². The summed E-state index contributed by atoms with van der Waals surface area (Å²) in [5.74, 6) is -0.356. The van der Waals surface area contributed by atoms with E-state index in [9.17, 15) is 18.3 Å². The molecule has 0 atom stereocenters. The molecule has 29 heavy (non-hydrogen) atoms. The number of halogens is 1. The Labute approximate surface area is 179 Å². The highest BCUT2D eigenvalue weighted by atomic mass is 79.9. The molecule has 0 saturated carbocycles. The van der Waals surface area contributed by atoms with Gasteiger partial charge in [-0.2, -0.15) is 8.42 Å². The van der Waals surface area contributed by atoms with Gasteiger partial charge >= 0.3 is 0 Å². The molecule has 9 heteroatoms. The Bertz CT molecular complexity index is 1310. The van der Waals surface area contributed by atoms with Gasteiger partial charge in [0.15, 0.2) is 5.17 Å². The fourth-order valence-electron chi connectivity index (χ4n) is 2.81. The Morgan fingerprint density at radius 2 is 1.83 bits per heavy atom. The summed E-state index contributed by atoms with van der Waals surface area (Å²) in [5.41, 5.74) is 0.672. The predicted molar refractivity (Wildman–Crippen MR) is 118 cm³/mol. The van der Waals surface area contributed by atoms with E-state index >= 15 is 0 Å². The van der Waals surface area contributed by atoms with Crippen LogP contribution in [0.2, 0.25) is 0 Å². The van der Waals surface area contributed by atoms with Crippen LogP contribution >= 0.6 is 27.7 Å². The minimum absolute atomic E-state index is 0.00738. The van der Waals surface area contributed by atoms with Crippen LogP contribution in [-0.4, -0.2) is 24.6 Å². The molecule has 0 aliphatic carbocycles. The molecule has 0 aromatic heterocycles. The van der Waals surface area contributed by atoms with Gasteiger partial charge in [-0.1, -0.05) is 42.5 Å². The zero-order chi connectivity index (χ0) is 20.6. The van der Waals surface area contributed by atoms with Crippen molar-refractivity contribution >= 4 is 65.6 Å². The third-order valence-corrected chi connectivity index (χ3v) is 7.15. The summed E-state index contributed by atoms with van der Waals surface area (Å²) in [6.45, 7) is 0. The highest BCUT2D eigenvalue weighted by Gasteiger charge is 2.27. The number of nitrogens with zero attached hydrogens (tertiary/aromatic N) is 1. The lowest BCUT2D eigenvalue weighted by Crippen LogP contribution is -2.20. The maximum Gasteiger partial charge on any atom is 0.285 e. The van der Waals surface area contributed by atoms with Gasteiger partial charge in [-0.3, -0.25) is 10.1 Å². The van der Waals surface area contributed by atoms with E-state index in [4.69, 9.17) is 0 Å². The van der Waals surface area contributed by atoms with Crippen LogP contribution in [0, 0.1) is 0 Å². The monoisotopic (exact) mass is 488 g/mol. The molecule has 1 fully saturated rings. The largest absolute Gasteiger partial charge is 0.507 e. The third kappa shape index (κ3) is 4.07. The van der Waals surface area contributed by atoms with Crippen molar-refractivity contribution in [2.75, 3.05) is 0 Å². The molecular weight excluding hydrogens is 476 g/mol. The average molecular weight is 489 g/mol. The number of hydrogen-bond donors (Lipinski definition) is 2. The number of carbonyl (C=O) groups excluding carboxylic acids is 1. The molecule has 1 saturated heterocycles. The molecule has 1 aliphatic rings. The molecule has 146 valence electrons. The topological polar surface area (TPSA) is 95.8 Å². The van der Waals surface area contributed by atoms with E-state index in [1.54, 1.807) is 36.4 Å². The molecule has 1 heterocycles. The normalized spacial score (nSPS) is 17.2. The van der Waals surface area contributed by atoms with Crippen LogP contribution < -0.4 is 5.32 Å². The SMILES string of the molecule is O=C1N/C(=N\S(=O)(=O)c2cccc3ccccc23)SC1=Cc1ccc(O)c(Br)c1. The summed E-state index contributed by atoms with van der Waals surface area (Å²) in [4.78, 5) is 12.6. The number of hydrogen-bond acceptors (Lipinski definition) is 5. The van der Waals surface area contributed by atoms with Gasteiger partial charge in [-0.15, -0.1) is 4.40 Å². The first kappa shape index (κ1) is 19.7. The molecule has 6 nitrogen and oxygen atoms in total. The second-order valence-electron chi connectivity index (χ2n) is 6.12. The minimum Gasteiger partial charge on any atom is -0.507 e. The summed E-state index contributed by atoms with van der Waals surface area (Å²) in [6.07, 6.45) is 1.59. The first-order valence-corrected chi connectivity index (χ1v) is 11.4. The standard InChI is InChI=1S/C20H13BrN2O4S2/c21-15-10-12(8-9-16(15)24)11-17-19(25)22-20(28-17)23-29(26,27)18-7-3-5-13-4-1-2-6-14(13)18/h1-11,24H,(H,22,23,25).